The molecule has 2 aliphatic heterocycles. The minimum atomic E-state index is -0.336. The standard InChI is InChI=1S/C11H17N3O4S/c1-18-10(16)8-6-13(4-5-19-8)7-14-9(15)2-3-12-11(14)17/h8H,2-7H2,1H3,(H,12,17)/p+1/t8-/m1/s1. The molecule has 0 saturated carbocycles. The van der Waals surface area contributed by atoms with Gasteiger partial charge in [0.1, 0.15) is 6.54 Å². The Kier molecular flexibility index (Phi) is 4.65. The predicted octanol–water partition coefficient (Wildman–Crippen LogP) is -1.94. The van der Waals surface area contributed by atoms with Gasteiger partial charge in [-0.15, -0.1) is 11.8 Å². The van der Waals surface area contributed by atoms with Crippen LogP contribution in [0, 0.1) is 0 Å². The van der Waals surface area contributed by atoms with Gasteiger partial charge in [0.05, 0.1) is 13.7 Å². The molecule has 3 amide bonds. The van der Waals surface area contributed by atoms with Crippen LogP contribution in [0.15, 0.2) is 0 Å². The number of thioether (sulfide) groups is 1. The van der Waals surface area contributed by atoms with E-state index in [0.717, 1.165) is 17.2 Å². The zero-order valence-corrected chi connectivity index (χ0v) is 11.6. The average molecular weight is 288 g/mol. The number of carbonyl (C=O) groups excluding carboxylic acids is 3. The highest BCUT2D eigenvalue weighted by Gasteiger charge is 2.34. The summed E-state index contributed by atoms with van der Waals surface area (Å²) < 4.78 is 4.74. The molecule has 2 atom stereocenters. The van der Waals surface area contributed by atoms with Gasteiger partial charge < -0.3 is 15.0 Å². The van der Waals surface area contributed by atoms with Crippen LogP contribution in [0.5, 0.6) is 0 Å². The molecule has 2 aliphatic rings. The third-order valence-electron chi connectivity index (χ3n) is 3.26. The summed E-state index contributed by atoms with van der Waals surface area (Å²) in [6, 6.07) is -0.336. The van der Waals surface area contributed by atoms with Crippen molar-refractivity contribution in [1.29, 1.82) is 0 Å². The molecule has 0 aromatic carbocycles. The molecule has 0 spiro atoms. The van der Waals surface area contributed by atoms with Crippen molar-refractivity contribution in [1.82, 2.24) is 10.2 Å². The fourth-order valence-electron chi connectivity index (χ4n) is 2.20. The number of rotatable bonds is 3. The van der Waals surface area contributed by atoms with E-state index in [2.05, 4.69) is 5.32 Å². The lowest BCUT2D eigenvalue weighted by Crippen LogP contribution is -3.16. The topological polar surface area (TPSA) is 80.2 Å². The molecule has 0 aromatic rings. The normalized spacial score (nSPS) is 27.9. The lowest BCUT2D eigenvalue weighted by atomic mass is 10.3. The molecule has 0 bridgehead atoms. The highest BCUT2D eigenvalue weighted by atomic mass is 32.2. The van der Waals surface area contributed by atoms with Crippen LogP contribution in [-0.2, 0) is 14.3 Å². The molecular formula is C11H18N3O4S+. The molecule has 106 valence electrons. The smallest absolute Gasteiger partial charge is 0.328 e. The van der Waals surface area contributed by atoms with E-state index in [0.29, 0.717) is 26.2 Å². The molecule has 0 radical (unpaired) electrons. The van der Waals surface area contributed by atoms with Gasteiger partial charge in [0.15, 0.2) is 11.9 Å². The van der Waals surface area contributed by atoms with Gasteiger partial charge in [0.2, 0.25) is 5.91 Å². The molecule has 8 heteroatoms. The van der Waals surface area contributed by atoms with E-state index in [1.54, 1.807) is 11.8 Å². The van der Waals surface area contributed by atoms with Crippen molar-refractivity contribution in [3.63, 3.8) is 0 Å². The first-order valence-corrected chi connectivity index (χ1v) is 7.28. The molecule has 0 aliphatic carbocycles. The van der Waals surface area contributed by atoms with Crippen molar-refractivity contribution in [2.75, 3.05) is 39.2 Å². The van der Waals surface area contributed by atoms with Crippen molar-refractivity contribution < 1.29 is 24.0 Å². The summed E-state index contributed by atoms with van der Waals surface area (Å²) in [6.07, 6.45) is 0.341. The zero-order valence-electron chi connectivity index (χ0n) is 10.8. The first kappa shape index (κ1) is 14.1. The van der Waals surface area contributed by atoms with E-state index in [-0.39, 0.29) is 23.2 Å². The maximum atomic E-state index is 11.7. The summed E-state index contributed by atoms with van der Waals surface area (Å²) in [6.45, 7) is 2.13. The second-order valence-electron chi connectivity index (χ2n) is 4.55. The number of quaternary nitrogens is 1. The second-order valence-corrected chi connectivity index (χ2v) is 5.86. The van der Waals surface area contributed by atoms with Crippen molar-refractivity contribution in [2.45, 2.75) is 11.7 Å². The molecule has 2 heterocycles. The highest BCUT2D eigenvalue weighted by molar-refractivity contribution is 8.00. The monoisotopic (exact) mass is 288 g/mol. The first-order valence-electron chi connectivity index (χ1n) is 6.23. The van der Waals surface area contributed by atoms with E-state index in [1.165, 1.54) is 12.0 Å². The number of urea groups is 1. The Balaban J connectivity index is 1.93. The highest BCUT2D eigenvalue weighted by Crippen LogP contribution is 2.12. The molecule has 2 fully saturated rings. The number of carbonyl (C=O) groups is 3. The molecule has 19 heavy (non-hydrogen) atoms. The summed E-state index contributed by atoms with van der Waals surface area (Å²) in [7, 11) is 1.37. The number of ether oxygens (including phenoxy) is 1. The molecular weight excluding hydrogens is 270 g/mol. The van der Waals surface area contributed by atoms with E-state index < -0.39 is 0 Å². The van der Waals surface area contributed by atoms with Crippen LogP contribution in [0.2, 0.25) is 0 Å². The second kappa shape index (κ2) is 6.25. The zero-order chi connectivity index (χ0) is 13.8. The van der Waals surface area contributed by atoms with Crippen molar-refractivity contribution in [2.24, 2.45) is 0 Å². The maximum Gasteiger partial charge on any atom is 0.328 e. The van der Waals surface area contributed by atoms with Crippen LogP contribution in [-0.4, -0.2) is 67.2 Å². The van der Waals surface area contributed by atoms with Crippen LogP contribution in [0.3, 0.4) is 0 Å². The summed E-state index contributed by atoms with van der Waals surface area (Å²) in [5, 5.41) is 2.44. The molecule has 0 aromatic heterocycles. The summed E-state index contributed by atoms with van der Waals surface area (Å²) in [5.74, 6) is 0.430. The molecule has 2 saturated heterocycles. The lowest BCUT2D eigenvalue weighted by Gasteiger charge is -2.33. The van der Waals surface area contributed by atoms with E-state index in [1.807, 2.05) is 0 Å². The largest absolute Gasteiger partial charge is 0.468 e. The molecule has 1 unspecified atom stereocenters. The van der Waals surface area contributed by atoms with E-state index >= 15 is 0 Å². The number of nitrogens with one attached hydrogen (secondary N) is 2. The van der Waals surface area contributed by atoms with E-state index in [9.17, 15) is 14.4 Å². The third kappa shape index (κ3) is 3.38. The predicted molar refractivity (Wildman–Crippen MR) is 68.7 cm³/mol. The SMILES string of the molecule is COC(=O)[C@H]1C[NH+](CN2C(=O)CCNC2=O)CCS1. The lowest BCUT2D eigenvalue weighted by molar-refractivity contribution is -0.905. The van der Waals surface area contributed by atoms with Crippen LogP contribution in [0.1, 0.15) is 6.42 Å². The number of methoxy groups -OCH3 is 1. The minimum Gasteiger partial charge on any atom is -0.468 e. The Labute approximate surface area is 115 Å². The third-order valence-corrected chi connectivity index (χ3v) is 4.46. The fraction of sp³-hybridized carbons (Fsp3) is 0.727. The van der Waals surface area contributed by atoms with Gasteiger partial charge in [-0.25, -0.2) is 9.69 Å². The Bertz CT molecular complexity index is 374. The Morgan fingerprint density at radius 1 is 1.58 bits per heavy atom. The van der Waals surface area contributed by atoms with Crippen LogP contribution >= 0.6 is 11.8 Å². The van der Waals surface area contributed by atoms with Gasteiger partial charge in [-0.2, -0.15) is 0 Å². The van der Waals surface area contributed by atoms with Gasteiger partial charge >= 0.3 is 12.0 Å². The van der Waals surface area contributed by atoms with Gasteiger partial charge in [0, 0.05) is 18.7 Å². The Hall–Kier alpha value is -1.28. The van der Waals surface area contributed by atoms with Crippen LogP contribution < -0.4 is 10.2 Å². The molecule has 2 rings (SSSR count). The van der Waals surface area contributed by atoms with Gasteiger partial charge in [0.25, 0.3) is 0 Å². The first-order chi connectivity index (χ1) is 9.11. The Morgan fingerprint density at radius 2 is 2.37 bits per heavy atom. The quantitative estimate of drug-likeness (QED) is 0.591. The summed E-state index contributed by atoms with van der Waals surface area (Å²) >= 11 is 1.56. The maximum absolute atomic E-state index is 11.7. The van der Waals surface area contributed by atoms with Gasteiger partial charge in [-0.3, -0.25) is 9.59 Å². The number of esters is 1. The van der Waals surface area contributed by atoms with Gasteiger partial charge in [-0.1, -0.05) is 0 Å². The minimum absolute atomic E-state index is 0.149. The number of imide groups is 1. The molecule has 7 nitrogen and oxygen atoms in total. The molecule has 2 N–H and O–H groups in total. The Morgan fingerprint density at radius 3 is 3.05 bits per heavy atom. The number of amides is 3. The van der Waals surface area contributed by atoms with Crippen molar-refractivity contribution >= 4 is 29.7 Å². The summed E-state index contributed by atoms with van der Waals surface area (Å²) in [4.78, 5) is 37.2. The number of hydrogen-bond donors (Lipinski definition) is 2. The number of hydrogen-bond acceptors (Lipinski definition) is 5. The van der Waals surface area contributed by atoms with Crippen molar-refractivity contribution in [3.05, 3.63) is 0 Å². The average Bonchev–Trinajstić information content (AvgIpc) is 2.42. The summed E-state index contributed by atoms with van der Waals surface area (Å²) in [5.41, 5.74) is 0. The van der Waals surface area contributed by atoms with Gasteiger partial charge in [-0.05, 0) is 0 Å². The fourth-order valence-corrected chi connectivity index (χ4v) is 3.48. The van der Waals surface area contributed by atoms with Crippen molar-refractivity contribution in [3.8, 4) is 0 Å². The van der Waals surface area contributed by atoms with Crippen LogP contribution in [0.4, 0.5) is 4.79 Å². The number of nitrogens with zero attached hydrogens (tertiary/aromatic N) is 1. The van der Waals surface area contributed by atoms with Crippen LogP contribution in [0.25, 0.3) is 0 Å². The van der Waals surface area contributed by atoms with E-state index in [4.69, 9.17) is 4.74 Å².